The van der Waals surface area contributed by atoms with Crippen molar-refractivity contribution in [1.29, 1.82) is 0 Å². The van der Waals surface area contributed by atoms with Gasteiger partial charge in [0, 0.05) is 18.4 Å². The number of methoxy groups -OCH3 is 1. The summed E-state index contributed by atoms with van der Waals surface area (Å²) in [6.07, 6.45) is 2.92. The normalized spacial score (nSPS) is 22.1. The number of sulfone groups is 1. The van der Waals surface area contributed by atoms with E-state index in [1.807, 2.05) is 0 Å². The number of nitrogens with zero attached hydrogens (tertiary/aromatic N) is 1. The summed E-state index contributed by atoms with van der Waals surface area (Å²) in [4.78, 5) is 37.9. The molecule has 28 heavy (non-hydrogen) atoms. The Balaban J connectivity index is 1.57. The minimum atomic E-state index is -3.26. The van der Waals surface area contributed by atoms with Crippen LogP contribution in [-0.2, 0) is 19.4 Å². The summed E-state index contributed by atoms with van der Waals surface area (Å²) < 4.78 is 27.8. The molecule has 1 N–H and O–H groups in total. The average Bonchev–Trinajstić information content (AvgIpc) is 3.12. The number of carbonyl (C=O) groups excluding carboxylic acids is 3. The minimum absolute atomic E-state index is 0.0698. The molecule has 1 atom stereocenters. The summed E-state index contributed by atoms with van der Waals surface area (Å²) in [6.45, 7) is -0.0698. The van der Waals surface area contributed by atoms with Crippen molar-refractivity contribution in [2.75, 3.05) is 19.4 Å². The largest absolute Gasteiger partial charge is 0.497 e. The van der Waals surface area contributed by atoms with Crippen LogP contribution in [0.2, 0.25) is 0 Å². The molecular weight excluding hydrogens is 404 g/mol. The molecule has 2 heterocycles. The number of nitrogens with one attached hydrogen (secondary N) is 1. The van der Waals surface area contributed by atoms with Gasteiger partial charge in [0.1, 0.15) is 5.75 Å². The Morgan fingerprint density at radius 2 is 2.04 bits per heavy atom. The third kappa shape index (κ3) is 4.82. The van der Waals surface area contributed by atoms with E-state index in [2.05, 4.69) is 5.32 Å². The Kier molecular flexibility index (Phi) is 5.90. The molecule has 0 spiro atoms. The van der Waals surface area contributed by atoms with Gasteiger partial charge in [-0.1, -0.05) is 12.1 Å². The first-order valence-electron chi connectivity index (χ1n) is 8.37. The Labute approximate surface area is 166 Å². The molecule has 1 aromatic carbocycles. The first-order valence-corrected chi connectivity index (χ1v) is 10.9. The van der Waals surface area contributed by atoms with Crippen molar-refractivity contribution in [3.8, 4) is 5.75 Å². The van der Waals surface area contributed by atoms with Gasteiger partial charge in [0.15, 0.2) is 9.84 Å². The Morgan fingerprint density at radius 1 is 1.32 bits per heavy atom. The minimum Gasteiger partial charge on any atom is -0.497 e. The summed E-state index contributed by atoms with van der Waals surface area (Å²) in [5.41, 5.74) is 0.748. The third-order valence-electron chi connectivity index (χ3n) is 4.13. The van der Waals surface area contributed by atoms with Gasteiger partial charge < -0.3 is 10.1 Å². The zero-order valence-corrected chi connectivity index (χ0v) is 16.6. The second kappa shape index (κ2) is 8.19. The van der Waals surface area contributed by atoms with Crippen LogP contribution in [0.5, 0.6) is 5.75 Å². The van der Waals surface area contributed by atoms with E-state index in [4.69, 9.17) is 4.74 Å². The highest BCUT2D eigenvalue weighted by Gasteiger charge is 2.35. The first-order chi connectivity index (χ1) is 13.3. The van der Waals surface area contributed by atoms with Crippen LogP contribution in [0, 0.1) is 0 Å². The van der Waals surface area contributed by atoms with E-state index in [0.29, 0.717) is 5.75 Å². The summed E-state index contributed by atoms with van der Waals surface area (Å²) in [5.74, 6) is -0.377. The molecule has 2 aliphatic rings. The molecule has 3 amide bonds. The van der Waals surface area contributed by atoms with Gasteiger partial charge in [0.05, 0.1) is 23.8 Å². The Hall–Kier alpha value is -2.59. The molecule has 1 aromatic rings. The Morgan fingerprint density at radius 3 is 2.64 bits per heavy atom. The molecule has 0 aromatic heterocycles. The van der Waals surface area contributed by atoms with E-state index < -0.39 is 32.9 Å². The molecule has 0 aliphatic carbocycles. The second-order valence-corrected chi connectivity index (χ2v) is 9.11. The number of hydrogen-bond donors (Lipinski definition) is 1. The van der Waals surface area contributed by atoms with Gasteiger partial charge >= 0.3 is 0 Å². The van der Waals surface area contributed by atoms with E-state index in [0.717, 1.165) is 27.6 Å². The van der Waals surface area contributed by atoms with Crippen molar-refractivity contribution < 1.29 is 27.5 Å². The zero-order chi connectivity index (χ0) is 20.3. The molecule has 3 rings (SSSR count). The van der Waals surface area contributed by atoms with Gasteiger partial charge in [0.25, 0.3) is 11.1 Å². The lowest BCUT2D eigenvalue weighted by molar-refractivity contribution is -0.124. The number of benzene rings is 1. The lowest BCUT2D eigenvalue weighted by Crippen LogP contribution is -2.38. The SMILES string of the molecule is COc1ccc(/C=C2/SC(=O)N(CCC(=O)N[C@H]3C=CS(=O)(=O)C3)C2=O)cc1. The molecular formula is C18H18N2O6S2. The number of carbonyl (C=O) groups is 3. The molecule has 0 saturated carbocycles. The lowest BCUT2D eigenvalue weighted by Gasteiger charge is -2.14. The van der Waals surface area contributed by atoms with E-state index >= 15 is 0 Å². The van der Waals surface area contributed by atoms with Crippen molar-refractivity contribution in [1.82, 2.24) is 10.2 Å². The second-order valence-electron chi connectivity index (χ2n) is 6.19. The molecule has 1 saturated heterocycles. The average molecular weight is 422 g/mol. The summed E-state index contributed by atoms with van der Waals surface area (Å²) in [7, 11) is -1.71. The summed E-state index contributed by atoms with van der Waals surface area (Å²) in [5, 5.41) is 3.19. The van der Waals surface area contributed by atoms with E-state index in [9.17, 15) is 22.8 Å². The van der Waals surface area contributed by atoms with Crippen LogP contribution >= 0.6 is 11.8 Å². The maximum absolute atomic E-state index is 12.5. The predicted molar refractivity (Wildman–Crippen MR) is 105 cm³/mol. The van der Waals surface area contributed by atoms with Gasteiger partial charge in [-0.25, -0.2) is 8.42 Å². The molecule has 0 bridgehead atoms. The van der Waals surface area contributed by atoms with E-state index in [-0.39, 0.29) is 23.6 Å². The van der Waals surface area contributed by atoms with Crippen LogP contribution in [0.4, 0.5) is 4.79 Å². The van der Waals surface area contributed by atoms with Gasteiger partial charge in [-0.05, 0) is 41.6 Å². The molecule has 2 aliphatic heterocycles. The van der Waals surface area contributed by atoms with E-state index in [1.165, 1.54) is 6.08 Å². The molecule has 1 fully saturated rings. The van der Waals surface area contributed by atoms with Gasteiger partial charge in [-0.3, -0.25) is 19.3 Å². The maximum atomic E-state index is 12.5. The molecule has 8 nitrogen and oxygen atoms in total. The highest BCUT2D eigenvalue weighted by atomic mass is 32.2. The quantitative estimate of drug-likeness (QED) is 0.693. The number of rotatable bonds is 6. The fourth-order valence-corrected chi connectivity index (χ4v) is 4.80. The third-order valence-corrected chi connectivity index (χ3v) is 6.43. The maximum Gasteiger partial charge on any atom is 0.293 e. The van der Waals surface area contributed by atoms with Gasteiger partial charge in [0.2, 0.25) is 5.91 Å². The van der Waals surface area contributed by atoms with Crippen LogP contribution < -0.4 is 10.1 Å². The van der Waals surface area contributed by atoms with Crippen molar-refractivity contribution in [2.24, 2.45) is 0 Å². The summed E-state index contributed by atoms with van der Waals surface area (Å²) >= 11 is 0.816. The van der Waals surface area contributed by atoms with Crippen molar-refractivity contribution in [3.63, 3.8) is 0 Å². The van der Waals surface area contributed by atoms with Crippen LogP contribution in [0.1, 0.15) is 12.0 Å². The highest BCUT2D eigenvalue weighted by molar-refractivity contribution is 8.18. The first kappa shape index (κ1) is 20.2. The van der Waals surface area contributed by atoms with Crippen LogP contribution in [0.25, 0.3) is 6.08 Å². The van der Waals surface area contributed by atoms with Crippen LogP contribution in [0.15, 0.2) is 40.7 Å². The number of amides is 3. The Bertz CT molecular complexity index is 966. The standard InChI is InChI=1S/C18H18N2O6S2/c1-26-14-4-2-12(3-5-14)10-15-17(22)20(18(23)27-15)8-6-16(21)19-13-7-9-28(24,25)11-13/h2-5,7,9-10,13H,6,8,11H2,1H3,(H,19,21)/b15-10+/t13-/m0/s1. The van der Waals surface area contributed by atoms with Crippen molar-refractivity contribution in [3.05, 3.63) is 46.2 Å². The monoisotopic (exact) mass is 422 g/mol. The predicted octanol–water partition coefficient (Wildman–Crippen LogP) is 1.55. The summed E-state index contributed by atoms with van der Waals surface area (Å²) in [6, 6.07) is 6.45. The van der Waals surface area contributed by atoms with Crippen LogP contribution in [0.3, 0.4) is 0 Å². The van der Waals surface area contributed by atoms with Gasteiger partial charge in [-0.15, -0.1) is 0 Å². The van der Waals surface area contributed by atoms with Gasteiger partial charge in [-0.2, -0.15) is 0 Å². The fourth-order valence-electron chi connectivity index (χ4n) is 2.70. The highest BCUT2D eigenvalue weighted by Crippen LogP contribution is 2.32. The van der Waals surface area contributed by atoms with Crippen molar-refractivity contribution in [2.45, 2.75) is 12.5 Å². The number of imide groups is 1. The smallest absolute Gasteiger partial charge is 0.293 e. The zero-order valence-electron chi connectivity index (χ0n) is 15.0. The fraction of sp³-hybridized carbons (Fsp3) is 0.278. The molecule has 0 radical (unpaired) electrons. The number of ether oxygens (including phenoxy) is 1. The molecule has 148 valence electrons. The van der Waals surface area contributed by atoms with Crippen LogP contribution in [-0.4, -0.2) is 55.8 Å². The lowest BCUT2D eigenvalue weighted by atomic mass is 10.2. The van der Waals surface area contributed by atoms with Crippen molar-refractivity contribution >= 4 is 44.7 Å². The molecule has 10 heteroatoms. The number of thioether (sulfide) groups is 1. The van der Waals surface area contributed by atoms with E-state index in [1.54, 1.807) is 37.5 Å². The number of hydrogen-bond acceptors (Lipinski definition) is 7. The molecule has 0 unspecified atom stereocenters. The topological polar surface area (TPSA) is 110 Å².